The summed E-state index contributed by atoms with van der Waals surface area (Å²) in [6.07, 6.45) is 6.02. The second kappa shape index (κ2) is 4.08. The molecule has 3 rings (SSSR count). The summed E-state index contributed by atoms with van der Waals surface area (Å²) in [5.41, 5.74) is 7.87. The summed E-state index contributed by atoms with van der Waals surface area (Å²) in [5.74, 6) is 1.80. The van der Waals surface area contributed by atoms with Gasteiger partial charge in [0.25, 0.3) is 0 Å². The number of anilines is 1. The molecule has 0 radical (unpaired) electrons. The van der Waals surface area contributed by atoms with Crippen molar-refractivity contribution in [2.24, 2.45) is 0 Å². The van der Waals surface area contributed by atoms with Gasteiger partial charge < -0.3 is 10.3 Å². The van der Waals surface area contributed by atoms with E-state index < -0.39 is 0 Å². The van der Waals surface area contributed by atoms with Crippen molar-refractivity contribution in [2.75, 3.05) is 5.73 Å². The molecular weight excluding hydrogens is 226 g/mol. The highest BCUT2D eigenvalue weighted by atomic mass is 15.1. The number of hydrogen-bond acceptors (Lipinski definition) is 4. The lowest BCUT2D eigenvalue weighted by atomic mass is 10.2. The second-order valence-corrected chi connectivity index (χ2v) is 5.10. The van der Waals surface area contributed by atoms with Crippen molar-refractivity contribution < 1.29 is 0 Å². The predicted molar refractivity (Wildman–Crippen MR) is 70.0 cm³/mol. The van der Waals surface area contributed by atoms with Crippen LogP contribution in [0.4, 0.5) is 5.82 Å². The maximum atomic E-state index is 5.88. The normalized spacial score (nSPS) is 15.3. The van der Waals surface area contributed by atoms with E-state index in [1.54, 1.807) is 6.20 Å². The highest BCUT2D eigenvalue weighted by Gasteiger charge is 2.26. The van der Waals surface area contributed by atoms with Crippen LogP contribution in [0, 0.1) is 0 Å². The van der Waals surface area contributed by atoms with Gasteiger partial charge in [-0.15, -0.1) is 0 Å². The molecule has 0 atom stereocenters. The lowest BCUT2D eigenvalue weighted by molar-refractivity contribution is 0.603. The molecule has 0 unspecified atom stereocenters. The molecule has 1 saturated carbocycles. The first-order valence-electron chi connectivity index (χ1n) is 6.32. The molecule has 94 valence electrons. The summed E-state index contributed by atoms with van der Waals surface area (Å²) in [7, 11) is 0. The summed E-state index contributed by atoms with van der Waals surface area (Å²) in [4.78, 5) is 13.1. The van der Waals surface area contributed by atoms with Gasteiger partial charge in [0.15, 0.2) is 5.82 Å². The van der Waals surface area contributed by atoms with Gasteiger partial charge in [0.05, 0.1) is 12.5 Å². The lowest BCUT2D eigenvalue weighted by Gasteiger charge is -2.11. The van der Waals surface area contributed by atoms with Crippen LogP contribution in [-0.2, 0) is 0 Å². The highest BCUT2D eigenvalue weighted by molar-refractivity contribution is 5.52. The van der Waals surface area contributed by atoms with Gasteiger partial charge in [0, 0.05) is 23.7 Å². The van der Waals surface area contributed by atoms with E-state index in [0.717, 1.165) is 11.4 Å². The monoisotopic (exact) mass is 243 g/mol. The third kappa shape index (κ3) is 1.96. The zero-order valence-corrected chi connectivity index (χ0v) is 10.7. The number of nitrogens with two attached hydrogens (primary N) is 1. The Morgan fingerprint density at radius 3 is 2.78 bits per heavy atom. The third-order valence-corrected chi connectivity index (χ3v) is 3.21. The Morgan fingerprint density at radius 1 is 1.33 bits per heavy atom. The van der Waals surface area contributed by atoms with Gasteiger partial charge in [-0.2, -0.15) is 0 Å². The van der Waals surface area contributed by atoms with E-state index in [1.807, 2.05) is 12.4 Å². The number of rotatable bonds is 3. The number of nitrogen functional groups attached to an aromatic ring is 1. The summed E-state index contributed by atoms with van der Waals surface area (Å²) in [5, 5.41) is 0. The molecule has 2 aromatic rings. The van der Waals surface area contributed by atoms with E-state index in [4.69, 9.17) is 5.73 Å². The number of aromatic nitrogens is 4. The van der Waals surface area contributed by atoms with E-state index in [2.05, 4.69) is 33.4 Å². The number of nitrogens with zero attached hydrogens (tertiary/aromatic N) is 4. The quantitative estimate of drug-likeness (QED) is 0.898. The van der Waals surface area contributed by atoms with Crippen molar-refractivity contribution in [3.8, 4) is 11.5 Å². The fourth-order valence-electron chi connectivity index (χ4n) is 2.08. The number of hydrogen-bond donors (Lipinski definition) is 1. The van der Waals surface area contributed by atoms with Gasteiger partial charge >= 0.3 is 0 Å². The van der Waals surface area contributed by atoms with Crippen LogP contribution in [0.25, 0.3) is 11.5 Å². The standard InChI is InChI=1S/C13H17N5/c1-8(2)18-7-15-6-11(18)13-16-10(9-3-4-9)5-12(14)17-13/h5-9H,3-4H2,1-2H3,(H2,14,16,17). The van der Waals surface area contributed by atoms with Gasteiger partial charge in [-0.1, -0.05) is 0 Å². The molecule has 5 nitrogen and oxygen atoms in total. The second-order valence-electron chi connectivity index (χ2n) is 5.10. The van der Waals surface area contributed by atoms with E-state index in [-0.39, 0.29) is 0 Å². The molecular formula is C13H17N5. The topological polar surface area (TPSA) is 69.6 Å². The Bertz CT molecular complexity index is 569. The average molecular weight is 243 g/mol. The molecule has 0 spiro atoms. The Hall–Kier alpha value is -1.91. The average Bonchev–Trinajstić information content (AvgIpc) is 3.05. The van der Waals surface area contributed by atoms with Crippen LogP contribution in [0.1, 0.15) is 44.3 Å². The Labute approximate surface area is 106 Å². The molecule has 0 bridgehead atoms. The summed E-state index contributed by atoms with van der Waals surface area (Å²) < 4.78 is 2.06. The Morgan fingerprint density at radius 2 is 2.11 bits per heavy atom. The molecule has 2 aromatic heterocycles. The van der Waals surface area contributed by atoms with Gasteiger partial charge in [-0.3, -0.25) is 0 Å². The summed E-state index contributed by atoms with van der Waals surface area (Å²) >= 11 is 0. The summed E-state index contributed by atoms with van der Waals surface area (Å²) in [6.45, 7) is 4.22. The molecule has 1 aliphatic carbocycles. The van der Waals surface area contributed by atoms with Gasteiger partial charge in [-0.05, 0) is 26.7 Å². The smallest absolute Gasteiger partial charge is 0.180 e. The zero-order valence-electron chi connectivity index (χ0n) is 10.7. The van der Waals surface area contributed by atoms with E-state index in [1.165, 1.54) is 12.8 Å². The van der Waals surface area contributed by atoms with Gasteiger partial charge in [0.2, 0.25) is 0 Å². The third-order valence-electron chi connectivity index (χ3n) is 3.21. The highest BCUT2D eigenvalue weighted by Crippen LogP contribution is 2.39. The first-order chi connectivity index (χ1) is 8.65. The molecule has 1 fully saturated rings. The van der Waals surface area contributed by atoms with E-state index in [0.29, 0.717) is 23.6 Å². The minimum Gasteiger partial charge on any atom is -0.384 e. The van der Waals surface area contributed by atoms with Crippen LogP contribution in [0.2, 0.25) is 0 Å². The largest absolute Gasteiger partial charge is 0.384 e. The molecule has 0 saturated heterocycles. The molecule has 5 heteroatoms. The van der Waals surface area contributed by atoms with E-state index >= 15 is 0 Å². The maximum Gasteiger partial charge on any atom is 0.180 e. The Balaban J connectivity index is 2.07. The van der Waals surface area contributed by atoms with Gasteiger partial charge in [0.1, 0.15) is 11.5 Å². The molecule has 0 aliphatic heterocycles. The molecule has 2 heterocycles. The predicted octanol–water partition coefficient (Wildman–Crippen LogP) is 2.38. The van der Waals surface area contributed by atoms with Crippen LogP contribution in [-0.4, -0.2) is 19.5 Å². The minimum atomic E-state index is 0.330. The van der Waals surface area contributed by atoms with Crippen LogP contribution in [0.15, 0.2) is 18.6 Å². The molecule has 1 aliphatic rings. The van der Waals surface area contributed by atoms with Crippen molar-refractivity contribution in [2.45, 2.75) is 38.6 Å². The van der Waals surface area contributed by atoms with Crippen LogP contribution < -0.4 is 5.73 Å². The Kier molecular flexibility index (Phi) is 2.54. The fourth-order valence-corrected chi connectivity index (χ4v) is 2.08. The van der Waals surface area contributed by atoms with Crippen molar-refractivity contribution in [3.05, 3.63) is 24.3 Å². The summed E-state index contributed by atoms with van der Waals surface area (Å²) in [6, 6.07) is 2.22. The SMILES string of the molecule is CC(C)n1cncc1-c1nc(N)cc(C2CC2)n1. The van der Waals surface area contributed by atoms with Crippen molar-refractivity contribution in [1.29, 1.82) is 0 Å². The first-order valence-corrected chi connectivity index (χ1v) is 6.32. The van der Waals surface area contributed by atoms with Crippen LogP contribution in [0.3, 0.4) is 0 Å². The van der Waals surface area contributed by atoms with Crippen LogP contribution >= 0.6 is 0 Å². The van der Waals surface area contributed by atoms with Crippen molar-refractivity contribution in [3.63, 3.8) is 0 Å². The van der Waals surface area contributed by atoms with Crippen molar-refractivity contribution in [1.82, 2.24) is 19.5 Å². The molecule has 2 N–H and O–H groups in total. The first kappa shape index (κ1) is 11.2. The molecule has 18 heavy (non-hydrogen) atoms. The fraction of sp³-hybridized carbons (Fsp3) is 0.462. The van der Waals surface area contributed by atoms with E-state index in [9.17, 15) is 0 Å². The molecule has 0 aromatic carbocycles. The maximum absolute atomic E-state index is 5.88. The van der Waals surface area contributed by atoms with Gasteiger partial charge in [-0.25, -0.2) is 15.0 Å². The molecule has 0 amide bonds. The minimum absolute atomic E-state index is 0.330. The van der Waals surface area contributed by atoms with Crippen LogP contribution in [0.5, 0.6) is 0 Å². The zero-order chi connectivity index (χ0) is 12.7. The lowest BCUT2D eigenvalue weighted by Crippen LogP contribution is -2.05. The van der Waals surface area contributed by atoms with Crippen molar-refractivity contribution >= 4 is 5.82 Å². The number of imidazole rings is 1.